The van der Waals surface area contributed by atoms with Crippen LogP contribution in [0.3, 0.4) is 0 Å². The fourth-order valence-corrected chi connectivity index (χ4v) is 2.61. The standard InChI is InChI=1S/C20H17F2NO5/c1-2-3-6-27-20(26)17-18(24)15-5-4-13(10-16(15)19(25)23-17)28-14-8-11(21)7-12(22)9-14/h4-5,7-10,24H,2-3,6H2,1H3,(H,23,25). The number of hydrogen-bond acceptors (Lipinski definition) is 5. The van der Waals surface area contributed by atoms with Crippen LogP contribution in [0.25, 0.3) is 10.8 Å². The first-order valence-electron chi connectivity index (χ1n) is 8.59. The highest BCUT2D eigenvalue weighted by Gasteiger charge is 2.19. The molecule has 0 aliphatic heterocycles. The lowest BCUT2D eigenvalue weighted by Crippen LogP contribution is -2.16. The van der Waals surface area contributed by atoms with Gasteiger partial charge in [0.25, 0.3) is 5.56 Å². The van der Waals surface area contributed by atoms with Gasteiger partial charge >= 0.3 is 5.97 Å². The normalized spacial score (nSPS) is 10.8. The van der Waals surface area contributed by atoms with Crippen molar-refractivity contribution in [3.63, 3.8) is 0 Å². The Morgan fingerprint density at radius 1 is 1.07 bits per heavy atom. The molecule has 0 spiro atoms. The summed E-state index contributed by atoms with van der Waals surface area (Å²) >= 11 is 0. The molecule has 3 aromatic rings. The SMILES string of the molecule is CCCCOC(=O)c1[nH]c(=O)c2cc(Oc3cc(F)cc(F)c3)ccc2c1O. The molecule has 1 heterocycles. The number of ether oxygens (including phenoxy) is 2. The zero-order valence-corrected chi connectivity index (χ0v) is 14.9. The molecule has 0 amide bonds. The lowest BCUT2D eigenvalue weighted by Gasteiger charge is -2.10. The van der Waals surface area contributed by atoms with Gasteiger partial charge in [0.15, 0.2) is 11.4 Å². The summed E-state index contributed by atoms with van der Waals surface area (Å²) in [5, 5.41) is 10.5. The molecule has 3 rings (SSSR count). The molecule has 0 saturated heterocycles. The molecule has 0 aliphatic carbocycles. The summed E-state index contributed by atoms with van der Waals surface area (Å²) in [6, 6.07) is 6.75. The number of rotatable bonds is 6. The molecule has 6 nitrogen and oxygen atoms in total. The highest BCUT2D eigenvalue weighted by atomic mass is 19.1. The predicted octanol–water partition coefficient (Wildman–Crippen LogP) is 4.26. The number of carbonyl (C=O) groups excluding carboxylic acids is 1. The van der Waals surface area contributed by atoms with E-state index in [-0.39, 0.29) is 34.6 Å². The van der Waals surface area contributed by atoms with Gasteiger partial charge in [-0.1, -0.05) is 13.3 Å². The molecule has 2 N–H and O–H groups in total. The van der Waals surface area contributed by atoms with Crippen LogP contribution in [-0.4, -0.2) is 22.7 Å². The van der Waals surface area contributed by atoms with Crippen molar-refractivity contribution in [3.8, 4) is 17.2 Å². The lowest BCUT2D eigenvalue weighted by atomic mass is 10.1. The maximum absolute atomic E-state index is 13.3. The number of carbonyl (C=O) groups is 1. The maximum Gasteiger partial charge on any atom is 0.358 e. The average molecular weight is 389 g/mol. The number of fused-ring (bicyclic) bond motifs is 1. The second-order valence-corrected chi connectivity index (χ2v) is 6.08. The first-order chi connectivity index (χ1) is 13.4. The van der Waals surface area contributed by atoms with Crippen molar-refractivity contribution in [1.82, 2.24) is 4.98 Å². The Morgan fingerprint density at radius 2 is 1.79 bits per heavy atom. The summed E-state index contributed by atoms with van der Waals surface area (Å²) in [5.74, 6) is -2.84. The second-order valence-electron chi connectivity index (χ2n) is 6.08. The summed E-state index contributed by atoms with van der Waals surface area (Å²) in [6.07, 6.45) is 1.48. The number of benzene rings is 2. The molecule has 146 valence electrons. The van der Waals surface area contributed by atoms with E-state index in [1.807, 2.05) is 6.92 Å². The first-order valence-corrected chi connectivity index (χ1v) is 8.59. The molecule has 0 radical (unpaired) electrons. The molecule has 0 aliphatic rings. The number of H-pyrrole nitrogens is 1. The van der Waals surface area contributed by atoms with Gasteiger partial charge in [-0.25, -0.2) is 13.6 Å². The average Bonchev–Trinajstić information content (AvgIpc) is 2.64. The van der Waals surface area contributed by atoms with Gasteiger partial charge in [0.1, 0.15) is 23.1 Å². The monoisotopic (exact) mass is 389 g/mol. The quantitative estimate of drug-likeness (QED) is 0.486. The lowest BCUT2D eigenvalue weighted by molar-refractivity contribution is 0.0489. The molecule has 28 heavy (non-hydrogen) atoms. The topological polar surface area (TPSA) is 88.6 Å². The molecule has 1 aromatic heterocycles. The van der Waals surface area contributed by atoms with Crippen LogP contribution in [-0.2, 0) is 4.74 Å². The number of nitrogens with one attached hydrogen (secondary N) is 1. The number of hydrogen-bond donors (Lipinski definition) is 2. The van der Waals surface area contributed by atoms with Gasteiger partial charge < -0.3 is 19.6 Å². The highest BCUT2D eigenvalue weighted by Crippen LogP contribution is 2.30. The Labute approximate surface area is 158 Å². The summed E-state index contributed by atoms with van der Waals surface area (Å²) < 4.78 is 37.0. The molecule has 0 unspecified atom stereocenters. The molecule has 0 saturated carbocycles. The van der Waals surface area contributed by atoms with Crippen molar-refractivity contribution >= 4 is 16.7 Å². The maximum atomic E-state index is 13.3. The Hall–Kier alpha value is -3.42. The summed E-state index contributed by atoms with van der Waals surface area (Å²) in [6.45, 7) is 2.10. The van der Waals surface area contributed by atoms with Crippen molar-refractivity contribution in [3.05, 3.63) is 64.1 Å². The van der Waals surface area contributed by atoms with Crippen LogP contribution >= 0.6 is 0 Å². The minimum Gasteiger partial charge on any atom is -0.505 e. The molecular weight excluding hydrogens is 372 g/mol. The van der Waals surface area contributed by atoms with Crippen LogP contribution in [0.5, 0.6) is 17.2 Å². The van der Waals surface area contributed by atoms with Gasteiger partial charge in [0.05, 0.1) is 12.0 Å². The van der Waals surface area contributed by atoms with Crippen molar-refractivity contribution < 1.29 is 28.2 Å². The van der Waals surface area contributed by atoms with E-state index in [1.165, 1.54) is 18.2 Å². The number of unbranched alkanes of at least 4 members (excludes halogenated alkanes) is 1. The number of pyridine rings is 1. The number of halogens is 2. The van der Waals surface area contributed by atoms with Gasteiger partial charge in [-0.05, 0) is 24.6 Å². The van der Waals surface area contributed by atoms with Crippen LogP contribution in [0.4, 0.5) is 8.78 Å². The van der Waals surface area contributed by atoms with Crippen LogP contribution < -0.4 is 10.3 Å². The second kappa shape index (κ2) is 8.08. The van der Waals surface area contributed by atoms with Gasteiger partial charge in [-0.3, -0.25) is 4.79 Å². The Kier molecular flexibility index (Phi) is 5.58. The Bertz CT molecular complexity index is 1070. The number of aromatic hydroxyl groups is 1. The molecule has 0 fully saturated rings. The van der Waals surface area contributed by atoms with Gasteiger partial charge in [-0.2, -0.15) is 0 Å². The number of aromatic nitrogens is 1. The van der Waals surface area contributed by atoms with Crippen LogP contribution in [0.15, 0.2) is 41.2 Å². The highest BCUT2D eigenvalue weighted by molar-refractivity contribution is 5.99. The molecule has 0 bridgehead atoms. The van der Waals surface area contributed by atoms with Crippen LogP contribution in [0.2, 0.25) is 0 Å². The summed E-state index contributed by atoms with van der Waals surface area (Å²) in [5.41, 5.74) is -0.986. The van der Waals surface area contributed by atoms with Gasteiger partial charge in [-0.15, -0.1) is 0 Å². The Balaban J connectivity index is 1.94. The third kappa shape index (κ3) is 4.11. The van der Waals surface area contributed by atoms with Crippen molar-refractivity contribution in [2.45, 2.75) is 19.8 Å². The zero-order valence-electron chi connectivity index (χ0n) is 14.9. The van der Waals surface area contributed by atoms with E-state index in [2.05, 4.69) is 4.98 Å². The Morgan fingerprint density at radius 3 is 2.46 bits per heavy atom. The van der Waals surface area contributed by atoms with E-state index < -0.39 is 28.9 Å². The fraction of sp³-hybridized carbons (Fsp3) is 0.200. The van der Waals surface area contributed by atoms with E-state index in [0.29, 0.717) is 12.5 Å². The molecule has 8 heteroatoms. The van der Waals surface area contributed by atoms with E-state index in [9.17, 15) is 23.5 Å². The van der Waals surface area contributed by atoms with Crippen molar-refractivity contribution in [2.75, 3.05) is 6.61 Å². The van der Waals surface area contributed by atoms with Crippen LogP contribution in [0, 0.1) is 11.6 Å². The van der Waals surface area contributed by atoms with Crippen molar-refractivity contribution in [2.24, 2.45) is 0 Å². The number of aromatic amines is 1. The first kappa shape index (κ1) is 19.3. The van der Waals surface area contributed by atoms with Gasteiger partial charge in [0, 0.05) is 23.6 Å². The van der Waals surface area contributed by atoms with E-state index in [0.717, 1.165) is 18.6 Å². The predicted molar refractivity (Wildman–Crippen MR) is 97.9 cm³/mol. The molecule has 0 atom stereocenters. The number of esters is 1. The van der Waals surface area contributed by atoms with E-state index in [1.54, 1.807) is 0 Å². The fourth-order valence-electron chi connectivity index (χ4n) is 2.61. The summed E-state index contributed by atoms with van der Waals surface area (Å²) in [4.78, 5) is 26.7. The van der Waals surface area contributed by atoms with Crippen LogP contribution in [0.1, 0.15) is 30.3 Å². The molecular formula is C20H17F2NO5. The zero-order chi connectivity index (χ0) is 20.3. The minimum atomic E-state index is -0.833. The third-order valence-electron chi connectivity index (χ3n) is 3.97. The minimum absolute atomic E-state index is 0.0389. The summed E-state index contributed by atoms with van der Waals surface area (Å²) in [7, 11) is 0. The van der Waals surface area contributed by atoms with Gasteiger partial charge in [0.2, 0.25) is 0 Å². The largest absolute Gasteiger partial charge is 0.505 e. The van der Waals surface area contributed by atoms with E-state index >= 15 is 0 Å². The molecule has 2 aromatic carbocycles. The smallest absolute Gasteiger partial charge is 0.358 e. The third-order valence-corrected chi connectivity index (χ3v) is 3.97. The van der Waals surface area contributed by atoms with Crippen molar-refractivity contribution in [1.29, 1.82) is 0 Å². The van der Waals surface area contributed by atoms with E-state index in [4.69, 9.17) is 9.47 Å².